The van der Waals surface area contributed by atoms with Crippen LogP contribution in [0.2, 0.25) is 5.02 Å². The first-order valence-corrected chi connectivity index (χ1v) is 8.68. The second-order valence-corrected chi connectivity index (χ2v) is 6.21. The number of likely N-dealkylation sites (N-methyl/N-ethyl adjacent to an activating group) is 1. The number of benzene rings is 2. The number of anilines is 1. The molecule has 1 aliphatic rings. The zero-order valence-electron chi connectivity index (χ0n) is 14.1. The Labute approximate surface area is 152 Å². The molecule has 1 heterocycles. The van der Waals surface area contributed by atoms with Gasteiger partial charge in [-0.1, -0.05) is 36.7 Å². The molecule has 0 spiro atoms. The molecule has 0 atom stereocenters. The Morgan fingerprint density at radius 2 is 1.92 bits per heavy atom. The van der Waals surface area contributed by atoms with E-state index in [1.165, 1.54) is 0 Å². The Bertz CT molecular complexity index is 751. The summed E-state index contributed by atoms with van der Waals surface area (Å²) in [5.41, 5.74) is 1.71. The third-order valence-electron chi connectivity index (χ3n) is 3.99. The number of ether oxygens (including phenoxy) is 2. The minimum Gasteiger partial charge on any atom is -0.486 e. The lowest BCUT2D eigenvalue weighted by molar-refractivity contribution is -0.117. The Morgan fingerprint density at radius 3 is 2.68 bits per heavy atom. The highest BCUT2D eigenvalue weighted by Gasteiger charge is 2.15. The number of carbonyl (C=O) groups excluding carboxylic acids is 1. The molecule has 6 heteroatoms. The smallest absolute Gasteiger partial charge is 0.238 e. The molecule has 1 N–H and O–H groups in total. The van der Waals surface area contributed by atoms with Gasteiger partial charge in [0.15, 0.2) is 11.5 Å². The Balaban J connectivity index is 1.60. The first-order chi connectivity index (χ1) is 12.2. The fourth-order valence-corrected chi connectivity index (χ4v) is 2.87. The molecular weight excluding hydrogens is 340 g/mol. The number of hydrogen-bond donors (Lipinski definition) is 1. The van der Waals surface area contributed by atoms with Crippen LogP contribution in [0.4, 0.5) is 5.69 Å². The molecule has 0 fully saturated rings. The average molecular weight is 361 g/mol. The Kier molecular flexibility index (Phi) is 5.79. The van der Waals surface area contributed by atoms with Gasteiger partial charge in [0.05, 0.1) is 6.54 Å². The van der Waals surface area contributed by atoms with Crippen molar-refractivity contribution in [3.8, 4) is 11.5 Å². The van der Waals surface area contributed by atoms with E-state index in [1.807, 2.05) is 48.2 Å². The summed E-state index contributed by atoms with van der Waals surface area (Å²) >= 11 is 6.21. The van der Waals surface area contributed by atoms with Crippen molar-refractivity contribution in [2.45, 2.75) is 13.5 Å². The first-order valence-electron chi connectivity index (χ1n) is 8.31. The van der Waals surface area contributed by atoms with Gasteiger partial charge in [-0.2, -0.15) is 0 Å². The minimum absolute atomic E-state index is 0.0782. The van der Waals surface area contributed by atoms with Crippen LogP contribution in [-0.2, 0) is 11.3 Å². The molecule has 25 heavy (non-hydrogen) atoms. The fourth-order valence-electron chi connectivity index (χ4n) is 2.67. The van der Waals surface area contributed by atoms with E-state index in [9.17, 15) is 4.79 Å². The molecule has 5 nitrogen and oxygen atoms in total. The maximum absolute atomic E-state index is 12.4. The summed E-state index contributed by atoms with van der Waals surface area (Å²) in [5, 5.41) is 3.62. The van der Waals surface area contributed by atoms with Crippen LogP contribution in [0, 0.1) is 0 Å². The lowest BCUT2D eigenvalue weighted by Crippen LogP contribution is -2.32. The van der Waals surface area contributed by atoms with Gasteiger partial charge in [0, 0.05) is 23.3 Å². The number of amides is 1. The third-order valence-corrected chi connectivity index (χ3v) is 4.36. The second kappa shape index (κ2) is 8.23. The molecule has 0 saturated carbocycles. The molecule has 3 rings (SSSR count). The number of fused-ring (bicyclic) bond motifs is 1. The fraction of sp³-hybridized carbons (Fsp3) is 0.316. The molecule has 0 radical (unpaired) electrons. The average Bonchev–Trinajstić information content (AvgIpc) is 2.62. The van der Waals surface area contributed by atoms with Gasteiger partial charge >= 0.3 is 0 Å². The van der Waals surface area contributed by atoms with Gasteiger partial charge in [0.2, 0.25) is 5.91 Å². The van der Waals surface area contributed by atoms with Gasteiger partial charge in [0.1, 0.15) is 13.2 Å². The molecule has 132 valence electrons. The first kappa shape index (κ1) is 17.6. The maximum atomic E-state index is 12.4. The third kappa shape index (κ3) is 4.65. The number of nitrogens with zero attached hydrogens (tertiary/aromatic N) is 1. The molecule has 0 unspecified atom stereocenters. The predicted molar refractivity (Wildman–Crippen MR) is 98.5 cm³/mol. The Hall–Kier alpha value is -2.24. The number of halogens is 1. The highest BCUT2D eigenvalue weighted by atomic mass is 35.5. The van der Waals surface area contributed by atoms with E-state index in [-0.39, 0.29) is 12.5 Å². The summed E-state index contributed by atoms with van der Waals surface area (Å²) in [6.45, 7) is 4.76. The van der Waals surface area contributed by atoms with Crippen LogP contribution in [-0.4, -0.2) is 37.1 Å². The van der Waals surface area contributed by atoms with Crippen LogP contribution >= 0.6 is 11.6 Å². The van der Waals surface area contributed by atoms with E-state index < -0.39 is 0 Å². The molecule has 1 aliphatic heterocycles. The van der Waals surface area contributed by atoms with E-state index >= 15 is 0 Å². The molecular formula is C19H21ClN2O3. The van der Waals surface area contributed by atoms with E-state index in [1.54, 1.807) is 6.07 Å². The zero-order valence-corrected chi connectivity index (χ0v) is 14.9. The lowest BCUT2D eigenvalue weighted by atomic mass is 10.2. The summed E-state index contributed by atoms with van der Waals surface area (Å²) < 4.78 is 11.0. The van der Waals surface area contributed by atoms with E-state index in [4.69, 9.17) is 21.1 Å². The van der Waals surface area contributed by atoms with Gasteiger partial charge in [-0.3, -0.25) is 9.69 Å². The van der Waals surface area contributed by atoms with Crippen molar-refractivity contribution >= 4 is 23.2 Å². The van der Waals surface area contributed by atoms with Crippen molar-refractivity contribution in [1.82, 2.24) is 4.90 Å². The van der Waals surface area contributed by atoms with Crippen molar-refractivity contribution in [2.75, 3.05) is 31.6 Å². The van der Waals surface area contributed by atoms with Crippen molar-refractivity contribution in [2.24, 2.45) is 0 Å². The van der Waals surface area contributed by atoms with E-state index in [2.05, 4.69) is 5.32 Å². The number of nitrogens with one attached hydrogen (secondary N) is 1. The van der Waals surface area contributed by atoms with Crippen LogP contribution in [0.3, 0.4) is 0 Å². The van der Waals surface area contributed by atoms with Crippen LogP contribution < -0.4 is 14.8 Å². The normalized spacial score (nSPS) is 12.9. The SMILES string of the molecule is CCN(CC(=O)Nc1ccc2c(c1)OCCO2)Cc1ccccc1Cl. The standard InChI is InChI=1S/C19H21ClN2O3/c1-2-22(12-14-5-3-4-6-16(14)20)13-19(23)21-15-7-8-17-18(11-15)25-10-9-24-17/h3-8,11H,2,9-10,12-13H2,1H3,(H,21,23). The number of hydrogen-bond acceptors (Lipinski definition) is 4. The zero-order chi connectivity index (χ0) is 17.6. The van der Waals surface area contributed by atoms with Crippen LogP contribution in [0.1, 0.15) is 12.5 Å². The second-order valence-electron chi connectivity index (χ2n) is 5.80. The van der Waals surface area contributed by atoms with Gasteiger partial charge in [0.25, 0.3) is 0 Å². The summed E-state index contributed by atoms with van der Waals surface area (Å²) in [6, 6.07) is 13.1. The van der Waals surface area contributed by atoms with Crippen LogP contribution in [0.15, 0.2) is 42.5 Å². The quantitative estimate of drug-likeness (QED) is 0.855. The molecule has 0 bridgehead atoms. The van der Waals surface area contributed by atoms with Crippen LogP contribution in [0.25, 0.3) is 0 Å². The molecule has 2 aromatic carbocycles. The van der Waals surface area contributed by atoms with Crippen molar-refractivity contribution < 1.29 is 14.3 Å². The van der Waals surface area contributed by atoms with E-state index in [0.717, 1.165) is 12.1 Å². The molecule has 0 saturated heterocycles. The molecule has 2 aromatic rings. The number of rotatable bonds is 6. The van der Waals surface area contributed by atoms with Crippen molar-refractivity contribution in [1.29, 1.82) is 0 Å². The van der Waals surface area contributed by atoms with Crippen molar-refractivity contribution in [3.63, 3.8) is 0 Å². The molecule has 0 aliphatic carbocycles. The summed E-state index contributed by atoms with van der Waals surface area (Å²) in [7, 11) is 0. The minimum atomic E-state index is -0.0782. The van der Waals surface area contributed by atoms with Crippen molar-refractivity contribution in [3.05, 3.63) is 53.1 Å². The van der Waals surface area contributed by atoms with Gasteiger partial charge in [-0.25, -0.2) is 0 Å². The highest BCUT2D eigenvalue weighted by Crippen LogP contribution is 2.32. The van der Waals surface area contributed by atoms with Gasteiger partial charge in [-0.05, 0) is 30.3 Å². The summed E-state index contributed by atoms with van der Waals surface area (Å²) in [5.74, 6) is 1.29. The predicted octanol–water partition coefficient (Wildman–Crippen LogP) is 3.57. The molecule has 1 amide bonds. The largest absolute Gasteiger partial charge is 0.486 e. The number of carbonyl (C=O) groups is 1. The Morgan fingerprint density at radius 1 is 1.16 bits per heavy atom. The lowest BCUT2D eigenvalue weighted by Gasteiger charge is -2.21. The van der Waals surface area contributed by atoms with Gasteiger partial charge < -0.3 is 14.8 Å². The highest BCUT2D eigenvalue weighted by molar-refractivity contribution is 6.31. The summed E-state index contributed by atoms with van der Waals surface area (Å²) in [6.07, 6.45) is 0. The monoisotopic (exact) mass is 360 g/mol. The molecule has 0 aromatic heterocycles. The van der Waals surface area contributed by atoms with E-state index in [0.29, 0.717) is 42.0 Å². The summed E-state index contributed by atoms with van der Waals surface area (Å²) in [4.78, 5) is 14.4. The van der Waals surface area contributed by atoms with Crippen LogP contribution in [0.5, 0.6) is 11.5 Å². The maximum Gasteiger partial charge on any atom is 0.238 e. The topological polar surface area (TPSA) is 50.8 Å². The van der Waals surface area contributed by atoms with Gasteiger partial charge in [-0.15, -0.1) is 0 Å².